The molecule has 2 aromatic rings. The van der Waals surface area contributed by atoms with E-state index >= 15 is 0 Å². The van der Waals surface area contributed by atoms with Crippen LogP contribution in [0.2, 0.25) is 0 Å². The van der Waals surface area contributed by atoms with Gasteiger partial charge in [0.25, 0.3) is 14.2 Å². The first-order valence-corrected chi connectivity index (χ1v) is 6.82. The number of aromatic nitrogens is 3. The highest BCUT2D eigenvalue weighted by Crippen LogP contribution is 2.20. The topological polar surface area (TPSA) is 75.7 Å². The number of hydrogen-bond donors (Lipinski definition) is 1. The second-order valence-corrected chi connectivity index (χ2v) is 5.85. The summed E-state index contributed by atoms with van der Waals surface area (Å²) in [7, 11) is 1.16. The van der Waals surface area contributed by atoms with Gasteiger partial charge in [0.15, 0.2) is 5.82 Å². The second-order valence-electron chi connectivity index (χ2n) is 3.37. The van der Waals surface area contributed by atoms with E-state index in [2.05, 4.69) is 15.2 Å². The molecule has 1 aromatic heterocycles. The van der Waals surface area contributed by atoms with Gasteiger partial charge < -0.3 is 0 Å². The average Bonchev–Trinajstić information content (AvgIpc) is 2.70. The van der Waals surface area contributed by atoms with Gasteiger partial charge in [0.1, 0.15) is 5.82 Å². The SMILES string of the molecule is Cc1cc(-c2n[nH]c(S(=O)(=O)Cl)n2)ccc1F. The van der Waals surface area contributed by atoms with Crippen molar-refractivity contribution in [2.45, 2.75) is 12.1 Å². The van der Waals surface area contributed by atoms with E-state index in [1.54, 1.807) is 6.92 Å². The molecule has 1 aromatic carbocycles. The molecule has 0 fully saturated rings. The van der Waals surface area contributed by atoms with Gasteiger partial charge >= 0.3 is 0 Å². The molecule has 0 saturated carbocycles. The monoisotopic (exact) mass is 275 g/mol. The van der Waals surface area contributed by atoms with Crippen LogP contribution in [0.1, 0.15) is 5.56 Å². The zero-order valence-corrected chi connectivity index (χ0v) is 10.2. The Morgan fingerprint density at radius 1 is 1.41 bits per heavy atom. The van der Waals surface area contributed by atoms with E-state index in [-0.39, 0.29) is 11.6 Å². The molecule has 0 aliphatic rings. The van der Waals surface area contributed by atoms with Crippen LogP contribution < -0.4 is 0 Å². The number of H-pyrrole nitrogens is 1. The Kier molecular flexibility index (Phi) is 2.88. The largest absolute Gasteiger partial charge is 0.296 e. The van der Waals surface area contributed by atoms with Gasteiger partial charge in [-0.3, -0.25) is 0 Å². The highest BCUT2D eigenvalue weighted by Gasteiger charge is 2.16. The van der Waals surface area contributed by atoms with Gasteiger partial charge in [0, 0.05) is 16.2 Å². The van der Waals surface area contributed by atoms with Crippen LogP contribution in [-0.2, 0) is 9.05 Å². The minimum atomic E-state index is -3.94. The van der Waals surface area contributed by atoms with Crippen LogP contribution in [0, 0.1) is 12.7 Å². The normalized spacial score (nSPS) is 11.7. The standard InChI is InChI=1S/C9H7ClFN3O2S/c1-5-4-6(2-3-7(5)11)8-12-9(14-13-8)17(10,15)16/h2-4H,1H3,(H,12,13,14). The first kappa shape index (κ1) is 12.0. The van der Waals surface area contributed by atoms with Crippen LogP contribution in [0.4, 0.5) is 4.39 Å². The molecule has 0 aliphatic carbocycles. The number of halogens is 2. The number of rotatable bonds is 2. The Morgan fingerprint density at radius 3 is 2.65 bits per heavy atom. The Hall–Kier alpha value is -1.47. The van der Waals surface area contributed by atoms with Crippen molar-refractivity contribution in [3.63, 3.8) is 0 Å². The van der Waals surface area contributed by atoms with E-state index in [1.807, 2.05) is 0 Å². The fourth-order valence-electron chi connectivity index (χ4n) is 1.27. The minimum Gasteiger partial charge on any atom is -0.248 e. The molecular formula is C9H7ClFN3O2S. The number of hydrogen-bond acceptors (Lipinski definition) is 4. The maximum absolute atomic E-state index is 13.0. The van der Waals surface area contributed by atoms with Crippen molar-refractivity contribution in [3.8, 4) is 11.4 Å². The average molecular weight is 276 g/mol. The highest BCUT2D eigenvalue weighted by atomic mass is 35.7. The van der Waals surface area contributed by atoms with E-state index in [9.17, 15) is 12.8 Å². The van der Waals surface area contributed by atoms with E-state index in [0.717, 1.165) is 0 Å². The van der Waals surface area contributed by atoms with Crippen LogP contribution in [0.5, 0.6) is 0 Å². The van der Waals surface area contributed by atoms with E-state index in [4.69, 9.17) is 10.7 Å². The summed E-state index contributed by atoms with van der Waals surface area (Å²) in [6, 6.07) is 4.23. The van der Waals surface area contributed by atoms with Crippen LogP contribution in [0.15, 0.2) is 23.4 Å². The smallest absolute Gasteiger partial charge is 0.248 e. The Labute approximate surface area is 101 Å². The molecule has 8 heteroatoms. The number of benzene rings is 1. The van der Waals surface area contributed by atoms with E-state index < -0.39 is 14.2 Å². The molecule has 0 amide bonds. The van der Waals surface area contributed by atoms with E-state index in [0.29, 0.717) is 11.1 Å². The third-order valence-electron chi connectivity index (χ3n) is 2.11. The summed E-state index contributed by atoms with van der Waals surface area (Å²) < 4.78 is 35.0. The number of nitrogens with zero attached hydrogens (tertiary/aromatic N) is 2. The van der Waals surface area contributed by atoms with Gasteiger partial charge in [0.2, 0.25) is 0 Å². The maximum atomic E-state index is 13.0. The molecule has 5 nitrogen and oxygen atoms in total. The van der Waals surface area contributed by atoms with Gasteiger partial charge in [-0.25, -0.2) is 17.9 Å². The van der Waals surface area contributed by atoms with Crippen molar-refractivity contribution in [2.24, 2.45) is 0 Å². The molecule has 1 N–H and O–H groups in total. The maximum Gasteiger partial charge on any atom is 0.296 e. The van der Waals surface area contributed by atoms with Gasteiger partial charge in [-0.2, -0.15) is 10.1 Å². The van der Waals surface area contributed by atoms with Gasteiger partial charge in [-0.1, -0.05) is 0 Å². The first-order chi connectivity index (χ1) is 7.88. The summed E-state index contributed by atoms with van der Waals surface area (Å²) in [5.41, 5.74) is 0.925. The summed E-state index contributed by atoms with van der Waals surface area (Å²) in [6.07, 6.45) is 0. The lowest BCUT2D eigenvalue weighted by molar-refractivity contribution is 0.602. The Bertz CT molecular complexity index is 669. The van der Waals surface area contributed by atoms with Crippen molar-refractivity contribution in [1.82, 2.24) is 15.2 Å². The van der Waals surface area contributed by atoms with Crippen molar-refractivity contribution in [2.75, 3.05) is 0 Å². The molecule has 0 atom stereocenters. The van der Waals surface area contributed by atoms with Crippen molar-refractivity contribution >= 4 is 19.7 Å². The summed E-state index contributed by atoms with van der Waals surface area (Å²) in [5.74, 6) is -0.207. The minimum absolute atomic E-state index is 0.146. The molecule has 0 saturated heterocycles. The zero-order chi connectivity index (χ0) is 12.6. The fourth-order valence-corrected chi connectivity index (χ4v) is 1.83. The Morgan fingerprint density at radius 2 is 2.12 bits per heavy atom. The predicted octanol–water partition coefficient (Wildman–Crippen LogP) is 1.85. The molecule has 0 unspecified atom stereocenters. The molecule has 0 spiro atoms. The number of aromatic amines is 1. The summed E-state index contributed by atoms with van der Waals surface area (Å²) in [5, 5.41) is 5.47. The molecular weight excluding hydrogens is 269 g/mol. The van der Waals surface area contributed by atoms with Crippen molar-refractivity contribution in [1.29, 1.82) is 0 Å². The third-order valence-corrected chi connectivity index (χ3v) is 3.19. The fraction of sp³-hybridized carbons (Fsp3) is 0.111. The summed E-state index contributed by atoms with van der Waals surface area (Å²) >= 11 is 0. The van der Waals surface area contributed by atoms with Crippen LogP contribution in [-0.4, -0.2) is 23.6 Å². The lowest BCUT2D eigenvalue weighted by Crippen LogP contribution is -1.93. The van der Waals surface area contributed by atoms with Gasteiger partial charge in [-0.15, -0.1) is 0 Å². The molecule has 90 valence electrons. The highest BCUT2D eigenvalue weighted by molar-refractivity contribution is 8.13. The predicted molar refractivity (Wildman–Crippen MR) is 59.6 cm³/mol. The molecule has 0 aliphatic heterocycles. The quantitative estimate of drug-likeness (QED) is 0.849. The third kappa shape index (κ3) is 2.45. The van der Waals surface area contributed by atoms with Gasteiger partial charge in [0.05, 0.1) is 0 Å². The molecule has 2 rings (SSSR count). The lowest BCUT2D eigenvalue weighted by atomic mass is 10.1. The van der Waals surface area contributed by atoms with Crippen molar-refractivity contribution in [3.05, 3.63) is 29.6 Å². The zero-order valence-electron chi connectivity index (χ0n) is 8.61. The lowest BCUT2D eigenvalue weighted by Gasteiger charge is -1.98. The van der Waals surface area contributed by atoms with Gasteiger partial charge in [-0.05, 0) is 30.7 Å². The first-order valence-electron chi connectivity index (χ1n) is 4.51. The van der Waals surface area contributed by atoms with E-state index in [1.165, 1.54) is 18.2 Å². The van der Waals surface area contributed by atoms with Crippen molar-refractivity contribution < 1.29 is 12.8 Å². The van der Waals surface area contributed by atoms with Crippen LogP contribution in [0.3, 0.4) is 0 Å². The molecule has 1 heterocycles. The van der Waals surface area contributed by atoms with Crippen LogP contribution >= 0.6 is 10.7 Å². The summed E-state index contributed by atoms with van der Waals surface area (Å²) in [4.78, 5) is 3.71. The Balaban J connectivity index is 2.47. The molecule has 0 bridgehead atoms. The summed E-state index contributed by atoms with van der Waals surface area (Å²) in [6.45, 7) is 1.59. The number of nitrogens with one attached hydrogen (secondary N) is 1. The van der Waals surface area contributed by atoms with Crippen LogP contribution in [0.25, 0.3) is 11.4 Å². The molecule has 0 radical (unpaired) electrons. The number of aryl methyl sites for hydroxylation is 1. The second kappa shape index (κ2) is 4.08. The molecule has 17 heavy (non-hydrogen) atoms.